The minimum Gasteiger partial charge on any atom is -0.493 e. The summed E-state index contributed by atoms with van der Waals surface area (Å²) in [6.07, 6.45) is 3.02. The third-order valence-corrected chi connectivity index (χ3v) is 6.04. The summed E-state index contributed by atoms with van der Waals surface area (Å²) in [5.41, 5.74) is 4.51. The van der Waals surface area contributed by atoms with Crippen molar-refractivity contribution in [3.05, 3.63) is 72.1 Å². The molecule has 0 aliphatic carbocycles. The second-order valence-electron chi connectivity index (χ2n) is 6.63. The summed E-state index contributed by atoms with van der Waals surface area (Å²) in [7, 11) is 3.35. The first-order chi connectivity index (χ1) is 13.7. The van der Waals surface area contributed by atoms with Crippen LogP contribution in [0.4, 0.5) is 0 Å². The van der Waals surface area contributed by atoms with Gasteiger partial charge in [-0.15, -0.1) is 11.8 Å². The molecule has 0 spiro atoms. The normalized spacial score (nSPS) is 15.2. The molecule has 1 atom stereocenters. The zero-order valence-corrected chi connectivity index (χ0v) is 17.2. The average molecular weight is 393 g/mol. The van der Waals surface area contributed by atoms with Crippen molar-refractivity contribution in [1.29, 1.82) is 0 Å². The molecular weight excluding hydrogens is 368 g/mol. The minimum absolute atomic E-state index is 0.0843. The Labute approximate surface area is 170 Å². The van der Waals surface area contributed by atoms with Crippen LogP contribution in [0.2, 0.25) is 0 Å². The molecule has 0 amide bonds. The van der Waals surface area contributed by atoms with E-state index in [2.05, 4.69) is 66.2 Å². The van der Waals surface area contributed by atoms with Gasteiger partial charge in [0.2, 0.25) is 0 Å². The Morgan fingerprint density at radius 3 is 2.46 bits per heavy atom. The van der Waals surface area contributed by atoms with Gasteiger partial charge in [-0.25, -0.2) is 0 Å². The molecule has 0 N–H and O–H groups in total. The molecule has 0 saturated carbocycles. The van der Waals surface area contributed by atoms with Crippen LogP contribution in [0.25, 0.3) is 5.69 Å². The number of thioether (sulfide) groups is 1. The van der Waals surface area contributed by atoms with Gasteiger partial charge in [-0.05, 0) is 36.8 Å². The maximum atomic E-state index is 5.56. The Hall–Kier alpha value is -2.66. The number of nitrogens with zero attached hydrogens (tertiary/aromatic N) is 2. The number of fused-ring (bicyclic) bond motifs is 3. The summed E-state index contributed by atoms with van der Waals surface area (Å²) in [6.45, 7) is 2.18. The largest absolute Gasteiger partial charge is 0.493 e. The topological polar surface area (TPSA) is 35.8 Å². The smallest absolute Gasteiger partial charge is 0.162 e. The predicted molar refractivity (Wildman–Crippen MR) is 116 cm³/mol. The van der Waals surface area contributed by atoms with Crippen LogP contribution in [-0.4, -0.2) is 30.3 Å². The third-order valence-electron chi connectivity index (χ3n) is 5.01. The molecule has 2 aromatic carbocycles. The summed E-state index contributed by atoms with van der Waals surface area (Å²) in [5, 5.41) is 0. The van der Waals surface area contributed by atoms with Gasteiger partial charge in [-0.1, -0.05) is 25.1 Å². The molecule has 2 heterocycles. The molecule has 4 nitrogen and oxygen atoms in total. The number of ether oxygens (including phenoxy) is 2. The van der Waals surface area contributed by atoms with E-state index in [1.54, 1.807) is 14.2 Å². The van der Waals surface area contributed by atoms with E-state index in [4.69, 9.17) is 14.5 Å². The van der Waals surface area contributed by atoms with Gasteiger partial charge in [-0.3, -0.25) is 4.99 Å². The Kier molecular flexibility index (Phi) is 5.44. The van der Waals surface area contributed by atoms with Crippen molar-refractivity contribution in [2.75, 3.05) is 20.0 Å². The highest BCUT2D eigenvalue weighted by atomic mass is 32.2. The first-order valence-electron chi connectivity index (χ1n) is 9.43. The summed E-state index contributed by atoms with van der Waals surface area (Å²) in [6, 6.07) is 18.9. The van der Waals surface area contributed by atoms with Crippen LogP contribution in [0.3, 0.4) is 0 Å². The summed E-state index contributed by atoms with van der Waals surface area (Å²) >= 11 is 1.82. The molecule has 0 radical (unpaired) electrons. The molecule has 1 aromatic heterocycles. The van der Waals surface area contributed by atoms with E-state index >= 15 is 0 Å². The summed E-state index contributed by atoms with van der Waals surface area (Å²) in [4.78, 5) is 6.42. The van der Waals surface area contributed by atoms with Crippen LogP contribution in [0.1, 0.15) is 30.6 Å². The molecule has 28 heavy (non-hydrogen) atoms. The van der Waals surface area contributed by atoms with Crippen molar-refractivity contribution in [1.82, 2.24) is 4.57 Å². The number of hydrogen-bond donors (Lipinski definition) is 0. The van der Waals surface area contributed by atoms with Gasteiger partial charge in [0.25, 0.3) is 0 Å². The fraction of sp³-hybridized carbons (Fsp3) is 0.261. The van der Waals surface area contributed by atoms with Crippen molar-refractivity contribution >= 4 is 17.5 Å². The van der Waals surface area contributed by atoms with Crippen molar-refractivity contribution in [2.45, 2.75) is 24.3 Å². The minimum atomic E-state index is 0.0843. The maximum Gasteiger partial charge on any atom is 0.162 e. The van der Waals surface area contributed by atoms with Gasteiger partial charge in [0, 0.05) is 28.5 Å². The molecule has 0 fully saturated rings. The lowest BCUT2D eigenvalue weighted by molar-refractivity contribution is 0.354. The molecule has 3 aromatic rings. The molecule has 0 saturated heterocycles. The highest BCUT2D eigenvalue weighted by Crippen LogP contribution is 2.40. The predicted octanol–water partition coefficient (Wildman–Crippen LogP) is 5.54. The third kappa shape index (κ3) is 3.42. The second kappa shape index (κ2) is 8.15. The number of aromatic nitrogens is 1. The maximum absolute atomic E-state index is 5.56. The summed E-state index contributed by atoms with van der Waals surface area (Å²) in [5.74, 6) is 2.30. The molecule has 144 valence electrons. The molecule has 1 unspecified atom stereocenters. The van der Waals surface area contributed by atoms with Gasteiger partial charge >= 0.3 is 0 Å². The van der Waals surface area contributed by atoms with E-state index in [0.29, 0.717) is 0 Å². The highest BCUT2D eigenvalue weighted by Gasteiger charge is 2.25. The van der Waals surface area contributed by atoms with Gasteiger partial charge in [-0.2, -0.15) is 0 Å². The van der Waals surface area contributed by atoms with Crippen LogP contribution in [-0.2, 0) is 0 Å². The first-order valence-corrected chi connectivity index (χ1v) is 10.4. The Morgan fingerprint density at radius 2 is 1.75 bits per heavy atom. The lowest BCUT2D eigenvalue weighted by atomic mass is 10.0. The Balaban J connectivity index is 1.79. The highest BCUT2D eigenvalue weighted by molar-refractivity contribution is 8.00. The average Bonchev–Trinajstić information content (AvgIpc) is 3.19. The molecular formula is C23H24N2O2S. The van der Waals surface area contributed by atoms with Crippen LogP contribution in [0, 0.1) is 0 Å². The lowest BCUT2D eigenvalue weighted by Gasteiger charge is -2.18. The van der Waals surface area contributed by atoms with Crippen LogP contribution < -0.4 is 9.47 Å². The van der Waals surface area contributed by atoms with E-state index in [0.717, 1.165) is 46.3 Å². The van der Waals surface area contributed by atoms with Gasteiger partial charge in [0.15, 0.2) is 11.5 Å². The van der Waals surface area contributed by atoms with Crippen molar-refractivity contribution in [3.63, 3.8) is 0 Å². The lowest BCUT2D eigenvalue weighted by Crippen LogP contribution is -2.09. The fourth-order valence-electron chi connectivity index (χ4n) is 3.60. The Morgan fingerprint density at radius 1 is 1.00 bits per heavy atom. The van der Waals surface area contributed by atoms with Crippen LogP contribution in [0.5, 0.6) is 11.5 Å². The second-order valence-corrected chi connectivity index (χ2v) is 7.68. The quantitative estimate of drug-likeness (QED) is 0.517. The molecule has 1 aliphatic heterocycles. The van der Waals surface area contributed by atoms with E-state index < -0.39 is 0 Å². The number of benzene rings is 2. The number of aliphatic imine (C=N–C) groups is 1. The van der Waals surface area contributed by atoms with Crippen molar-refractivity contribution < 1.29 is 9.47 Å². The number of rotatable bonds is 6. The van der Waals surface area contributed by atoms with E-state index in [1.807, 2.05) is 17.8 Å². The van der Waals surface area contributed by atoms with Gasteiger partial charge in [0.05, 0.1) is 37.4 Å². The SMILES string of the molecule is CCC1N=C(CSc2ccccc2)c2cccn2-c2cc(OC)c(OC)cc21. The molecule has 4 rings (SSSR count). The van der Waals surface area contributed by atoms with Crippen LogP contribution >= 0.6 is 11.8 Å². The van der Waals surface area contributed by atoms with Crippen molar-refractivity contribution in [2.24, 2.45) is 4.99 Å². The van der Waals surface area contributed by atoms with Crippen molar-refractivity contribution in [3.8, 4) is 17.2 Å². The zero-order valence-electron chi connectivity index (χ0n) is 16.4. The van der Waals surface area contributed by atoms with Gasteiger partial charge < -0.3 is 14.0 Å². The molecule has 1 aliphatic rings. The first kappa shape index (κ1) is 18.7. The van der Waals surface area contributed by atoms with E-state index in [1.165, 1.54) is 4.90 Å². The summed E-state index contributed by atoms with van der Waals surface area (Å²) < 4.78 is 13.3. The van der Waals surface area contributed by atoms with E-state index in [9.17, 15) is 0 Å². The monoisotopic (exact) mass is 392 g/mol. The van der Waals surface area contributed by atoms with Crippen LogP contribution in [0.15, 0.2) is 70.7 Å². The zero-order chi connectivity index (χ0) is 19.5. The standard InChI is InChI=1S/C23H24N2O2S/c1-4-18-17-13-22(26-2)23(27-3)14-21(17)25-12-8-11-20(25)19(24-18)15-28-16-9-6-5-7-10-16/h5-14,18H,4,15H2,1-3H3. The molecule has 0 bridgehead atoms. The fourth-order valence-corrected chi connectivity index (χ4v) is 4.48. The van der Waals surface area contributed by atoms with E-state index in [-0.39, 0.29) is 6.04 Å². The Bertz CT molecular complexity index is 995. The van der Waals surface area contributed by atoms with Gasteiger partial charge in [0.1, 0.15) is 0 Å². The number of methoxy groups -OCH3 is 2. The molecule has 5 heteroatoms. The number of hydrogen-bond acceptors (Lipinski definition) is 4.